The number of fused-ring (bicyclic) bond motifs is 1. The van der Waals surface area contributed by atoms with Crippen molar-refractivity contribution in [2.45, 2.75) is 13.2 Å². The van der Waals surface area contributed by atoms with Gasteiger partial charge in [-0.3, -0.25) is 15.1 Å². The Hall–Kier alpha value is -3.32. The minimum absolute atomic E-state index is 0.308. The van der Waals surface area contributed by atoms with Crippen LogP contribution in [0.15, 0.2) is 48.5 Å². The van der Waals surface area contributed by atoms with E-state index < -0.39 is 0 Å². The van der Waals surface area contributed by atoms with Gasteiger partial charge in [0, 0.05) is 19.0 Å². The molecule has 0 aliphatic rings. The van der Waals surface area contributed by atoms with Gasteiger partial charge in [0.25, 0.3) is 5.91 Å². The lowest BCUT2D eigenvalue weighted by Gasteiger charge is -2.13. The molecular weight excluding hydrogens is 354 g/mol. The van der Waals surface area contributed by atoms with Gasteiger partial charge in [0.05, 0.1) is 5.52 Å². The van der Waals surface area contributed by atoms with Crippen molar-refractivity contribution < 1.29 is 9.53 Å². The number of hydrogen-bond donors (Lipinski definition) is 3. The highest BCUT2D eigenvalue weighted by Crippen LogP contribution is 2.27. The number of carbonyl (C=O) groups excluding carboxylic acids is 1. The van der Waals surface area contributed by atoms with E-state index in [1.807, 2.05) is 44.4 Å². The van der Waals surface area contributed by atoms with Crippen molar-refractivity contribution in [3.8, 4) is 5.75 Å². The molecule has 0 bridgehead atoms. The predicted octanol–water partition coefficient (Wildman–Crippen LogP) is 2.77. The number of para-hydroxylation sites is 1. The van der Waals surface area contributed by atoms with E-state index in [0.717, 1.165) is 27.9 Å². The van der Waals surface area contributed by atoms with Crippen LogP contribution in [0.1, 0.15) is 21.6 Å². The molecule has 7 nitrogen and oxygen atoms in total. The van der Waals surface area contributed by atoms with Gasteiger partial charge in [-0.25, -0.2) is 0 Å². The summed E-state index contributed by atoms with van der Waals surface area (Å²) >= 11 is 0. The quantitative estimate of drug-likeness (QED) is 0.453. The van der Waals surface area contributed by atoms with Crippen LogP contribution < -0.4 is 10.5 Å². The van der Waals surface area contributed by atoms with Gasteiger partial charge in [0.2, 0.25) is 0 Å². The molecule has 1 amide bonds. The molecule has 4 N–H and O–H groups in total. The van der Waals surface area contributed by atoms with E-state index in [4.69, 9.17) is 15.9 Å². The van der Waals surface area contributed by atoms with E-state index in [1.165, 1.54) is 12.6 Å². The number of nitrogens with one attached hydrogen (secondary N) is 2. The lowest BCUT2D eigenvalue weighted by molar-refractivity contribution is 0.0864. The molecule has 0 saturated heterocycles. The largest absolute Gasteiger partial charge is 0.487 e. The van der Waals surface area contributed by atoms with Gasteiger partial charge in [0.1, 0.15) is 18.1 Å². The number of nitrogens with two attached hydrogens (primary N) is 1. The van der Waals surface area contributed by atoms with Crippen molar-refractivity contribution in [1.82, 2.24) is 14.8 Å². The van der Waals surface area contributed by atoms with Gasteiger partial charge >= 0.3 is 0 Å². The van der Waals surface area contributed by atoms with Crippen LogP contribution in [0.25, 0.3) is 10.9 Å². The van der Waals surface area contributed by atoms with E-state index >= 15 is 0 Å². The van der Waals surface area contributed by atoms with E-state index in [1.54, 1.807) is 6.07 Å². The summed E-state index contributed by atoms with van der Waals surface area (Å²) in [5.74, 6) is -0.0104. The van der Waals surface area contributed by atoms with Gasteiger partial charge in [-0.05, 0) is 37.4 Å². The zero-order valence-corrected chi connectivity index (χ0v) is 16.3. The standard InChI is InChI=1S/C21H25N5O2/c1-25(2)12-14-6-4-7-15(10-14)13-28-18-9-5-8-16-11-17(24-19(16)18)20(27)26(3)21(22)23/h4-11,24H,12-13H2,1-3H3,(H3,22,23). The summed E-state index contributed by atoms with van der Waals surface area (Å²) in [6.45, 7) is 1.30. The Bertz CT molecular complexity index is 1010. The van der Waals surface area contributed by atoms with Crippen molar-refractivity contribution in [3.63, 3.8) is 0 Å². The van der Waals surface area contributed by atoms with E-state index in [0.29, 0.717) is 18.1 Å². The smallest absolute Gasteiger partial charge is 0.276 e. The lowest BCUT2D eigenvalue weighted by Crippen LogP contribution is -2.38. The minimum Gasteiger partial charge on any atom is -0.487 e. The van der Waals surface area contributed by atoms with Gasteiger partial charge in [-0.15, -0.1) is 0 Å². The van der Waals surface area contributed by atoms with Crippen molar-refractivity contribution in [3.05, 3.63) is 65.4 Å². The molecule has 0 saturated carbocycles. The topological polar surface area (TPSA) is 98.4 Å². The van der Waals surface area contributed by atoms with Gasteiger partial charge in [0.15, 0.2) is 5.96 Å². The molecule has 0 aliphatic heterocycles. The molecule has 0 spiro atoms. The minimum atomic E-state index is -0.369. The second-order valence-electron chi connectivity index (χ2n) is 7.00. The van der Waals surface area contributed by atoms with Crippen LogP contribution in [-0.2, 0) is 13.2 Å². The molecule has 0 radical (unpaired) electrons. The summed E-state index contributed by atoms with van der Waals surface area (Å²) in [5.41, 5.74) is 8.81. The Morgan fingerprint density at radius 3 is 2.54 bits per heavy atom. The third-order valence-electron chi connectivity index (χ3n) is 4.40. The van der Waals surface area contributed by atoms with Crippen LogP contribution in [0, 0.1) is 5.41 Å². The third kappa shape index (κ3) is 4.32. The zero-order chi connectivity index (χ0) is 20.3. The summed E-state index contributed by atoms with van der Waals surface area (Å²) < 4.78 is 6.03. The van der Waals surface area contributed by atoms with E-state index in [9.17, 15) is 4.79 Å². The Morgan fingerprint density at radius 1 is 1.11 bits per heavy atom. The van der Waals surface area contributed by atoms with Crippen LogP contribution >= 0.6 is 0 Å². The fraction of sp³-hybridized carbons (Fsp3) is 0.238. The van der Waals surface area contributed by atoms with Crippen LogP contribution in [-0.4, -0.2) is 47.8 Å². The van der Waals surface area contributed by atoms with Crippen LogP contribution in [0.4, 0.5) is 0 Å². The summed E-state index contributed by atoms with van der Waals surface area (Å²) in [6.07, 6.45) is 0. The fourth-order valence-electron chi connectivity index (χ4n) is 3.00. The molecule has 1 heterocycles. The molecule has 7 heteroatoms. The first-order chi connectivity index (χ1) is 13.3. The first-order valence-corrected chi connectivity index (χ1v) is 8.94. The fourth-order valence-corrected chi connectivity index (χ4v) is 3.00. The molecule has 0 unspecified atom stereocenters. The summed E-state index contributed by atoms with van der Waals surface area (Å²) in [5, 5.41) is 8.28. The molecule has 2 aromatic carbocycles. The van der Waals surface area contributed by atoms with Gasteiger partial charge in [-0.1, -0.05) is 36.4 Å². The van der Waals surface area contributed by atoms with Crippen molar-refractivity contribution in [1.29, 1.82) is 5.41 Å². The first kappa shape index (κ1) is 19.4. The molecular formula is C21H25N5O2. The average molecular weight is 379 g/mol. The second-order valence-corrected chi connectivity index (χ2v) is 7.00. The number of aromatic nitrogens is 1. The van der Waals surface area contributed by atoms with Crippen molar-refractivity contribution in [2.75, 3.05) is 21.1 Å². The molecule has 1 aromatic heterocycles. The number of ether oxygens (including phenoxy) is 1. The Balaban J connectivity index is 1.80. The Kier molecular flexibility index (Phi) is 5.65. The maximum absolute atomic E-state index is 12.4. The maximum Gasteiger partial charge on any atom is 0.276 e. The Morgan fingerprint density at radius 2 is 1.82 bits per heavy atom. The average Bonchev–Trinajstić information content (AvgIpc) is 3.09. The molecule has 0 aliphatic carbocycles. The Labute approximate surface area is 164 Å². The maximum atomic E-state index is 12.4. The third-order valence-corrected chi connectivity index (χ3v) is 4.40. The van der Waals surface area contributed by atoms with Crippen molar-refractivity contribution in [2.24, 2.45) is 5.73 Å². The summed E-state index contributed by atoms with van der Waals surface area (Å²) in [4.78, 5) is 18.7. The molecule has 0 fully saturated rings. The van der Waals surface area contributed by atoms with E-state index in [-0.39, 0.29) is 11.9 Å². The molecule has 0 atom stereocenters. The number of rotatable bonds is 6. The zero-order valence-electron chi connectivity index (χ0n) is 16.3. The molecule has 3 aromatic rings. The summed E-state index contributed by atoms with van der Waals surface area (Å²) in [6, 6.07) is 15.7. The SMILES string of the molecule is CN(C)Cc1cccc(COc2cccc3cc(C(=O)N(C)C(=N)N)[nH]c23)c1. The number of aromatic amines is 1. The summed E-state index contributed by atoms with van der Waals surface area (Å²) in [7, 11) is 5.54. The highest BCUT2D eigenvalue weighted by molar-refractivity contribution is 6.06. The van der Waals surface area contributed by atoms with Gasteiger partial charge < -0.3 is 20.4 Å². The van der Waals surface area contributed by atoms with Crippen molar-refractivity contribution >= 4 is 22.8 Å². The van der Waals surface area contributed by atoms with Crippen LogP contribution in [0.5, 0.6) is 5.75 Å². The van der Waals surface area contributed by atoms with Crippen LogP contribution in [0.3, 0.4) is 0 Å². The normalized spacial score (nSPS) is 11.0. The van der Waals surface area contributed by atoms with Gasteiger partial charge in [-0.2, -0.15) is 0 Å². The lowest BCUT2D eigenvalue weighted by atomic mass is 10.1. The number of amides is 1. The number of hydrogen-bond acceptors (Lipinski definition) is 4. The highest BCUT2D eigenvalue weighted by Gasteiger charge is 2.17. The monoisotopic (exact) mass is 379 g/mol. The number of benzene rings is 2. The number of guanidine groups is 1. The predicted molar refractivity (Wildman–Crippen MR) is 110 cm³/mol. The van der Waals surface area contributed by atoms with Crippen LogP contribution in [0.2, 0.25) is 0 Å². The number of H-pyrrole nitrogens is 1. The first-order valence-electron chi connectivity index (χ1n) is 8.94. The number of nitrogens with zero attached hydrogens (tertiary/aromatic N) is 2. The highest BCUT2D eigenvalue weighted by atomic mass is 16.5. The molecule has 3 rings (SSSR count). The molecule has 146 valence electrons. The number of carbonyl (C=O) groups is 1. The second kappa shape index (κ2) is 8.14. The van der Waals surface area contributed by atoms with E-state index in [2.05, 4.69) is 22.0 Å². The molecule has 28 heavy (non-hydrogen) atoms.